The number of aromatic nitrogens is 2. The normalized spacial score (nSPS) is 22.5. The molecule has 0 amide bonds. The number of esters is 2. The molecule has 4 rings (SSSR count). The molecular weight excluding hydrogens is 641 g/mol. The third-order valence-electron chi connectivity index (χ3n) is 7.26. The molecule has 18 heteroatoms. The van der Waals surface area contributed by atoms with Gasteiger partial charge < -0.3 is 28.9 Å². The molecule has 0 aliphatic carbocycles. The summed E-state index contributed by atoms with van der Waals surface area (Å²) in [6.07, 6.45) is -5.64. The van der Waals surface area contributed by atoms with Crippen LogP contribution >= 0.6 is 7.60 Å². The van der Waals surface area contributed by atoms with Crippen molar-refractivity contribution < 1.29 is 47.6 Å². The summed E-state index contributed by atoms with van der Waals surface area (Å²) in [7, 11) is -4.55. The molecule has 1 aliphatic heterocycles. The van der Waals surface area contributed by atoms with Gasteiger partial charge in [0.15, 0.2) is 6.23 Å². The topological polar surface area (TPSA) is 241 Å². The molecule has 0 saturated carbocycles. The Balaban J connectivity index is 1.71. The van der Waals surface area contributed by atoms with Gasteiger partial charge in [-0.3, -0.25) is 28.5 Å². The van der Waals surface area contributed by atoms with E-state index in [1.54, 1.807) is 50.2 Å². The molecule has 3 N–H and O–H groups in total. The number of aliphatic hydroxyl groups is 2. The van der Waals surface area contributed by atoms with Gasteiger partial charge in [0.1, 0.15) is 18.0 Å². The predicted octanol–water partition coefficient (Wildman–Crippen LogP) is 2.76. The summed E-state index contributed by atoms with van der Waals surface area (Å²) in [4.78, 5) is 53.8. The molecule has 3 aromatic rings. The molecule has 1 fully saturated rings. The summed E-state index contributed by atoms with van der Waals surface area (Å²) in [5.41, 5.74) is 5.16. The van der Waals surface area contributed by atoms with Crippen molar-refractivity contribution in [2.75, 3.05) is 26.0 Å². The van der Waals surface area contributed by atoms with E-state index in [0.29, 0.717) is 5.39 Å². The maximum atomic E-state index is 14.7. The summed E-state index contributed by atoms with van der Waals surface area (Å²) < 4.78 is 43.0. The van der Waals surface area contributed by atoms with Crippen LogP contribution in [0.25, 0.3) is 21.2 Å². The van der Waals surface area contributed by atoms with Crippen molar-refractivity contribution >= 4 is 30.3 Å². The number of nitrogens with zero attached hydrogens (tertiary/aromatic N) is 4. The Morgan fingerprint density at radius 3 is 2.55 bits per heavy atom. The first-order valence-corrected chi connectivity index (χ1v) is 16.3. The third kappa shape index (κ3) is 8.27. The van der Waals surface area contributed by atoms with Crippen LogP contribution in [0, 0.1) is 5.92 Å². The Bertz CT molecular complexity index is 1800. The molecule has 1 unspecified atom stereocenters. The fraction of sp³-hybridized carbons (Fsp3) is 0.448. The first-order chi connectivity index (χ1) is 22.5. The smallest absolute Gasteiger partial charge is 0.380 e. The van der Waals surface area contributed by atoms with Crippen molar-refractivity contribution in [1.82, 2.24) is 9.55 Å². The SMILES string of the molecule is CCOC(=O)CC[C@H](CP(=O)(OC[C@@]1(N=[N+]=[N-])O[C@@H](n2ccc(=O)[nH]c2=O)[C@H](O)[C@@H]1O)Oc1cccc2ccccc12)C(=O)OCC. The predicted molar refractivity (Wildman–Crippen MR) is 164 cm³/mol. The minimum absolute atomic E-state index is 0.0203. The van der Waals surface area contributed by atoms with Crippen LogP contribution in [0.15, 0.2) is 69.4 Å². The molecule has 1 aliphatic rings. The average molecular weight is 676 g/mol. The Hall–Kier alpha value is -4.50. The number of nitrogens with one attached hydrogen (secondary N) is 1. The van der Waals surface area contributed by atoms with E-state index in [4.69, 9.17) is 23.3 Å². The van der Waals surface area contributed by atoms with Crippen molar-refractivity contribution in [2.45, 2.75) is 50.8 Å². The molecule has 0 radical (unpaired) electrons. The zero-order chi connectivity index (χ0) is 34.2. The highest BCUT2D eigenvalue weighted by molar-refractivity contribution is 7.54. The maximum Gasteiger partial charge on any atom is 0.380 e. The second-order valence-corrected chi connectivity index (χ2v) is 12.5. The number of hydrogen-bond donors (Lipinski definition) is 3. The monoisotopic (exact) mass is 675 g/mol. The molecule has 2 heterocycles. The molecule has 0 bridgehead atoms. The highest BCUT2D eigenvalue weighted by atomic mass is 31.2. The number of hydrogen-bond acceptors (Lipinski definition) is 13. The highest BCUT2D eigenvalue weighted by Crippen LogP contribution is 2.53. The van der Waals surface area contributed by atoms with Crippen molar-refractivity contribution in [1.29, 1.82) is 0 Å². The summed E-state index contributed by atoms with van der Waals surface area (Å²) in [6.45, 7) is 2.28. The molecule has 252 valence electrons. The van der Waals surface area contributed by atoms with Gasteiger partial charge in [-0.2, -0.15) is 0 Å². The van der Waals surface area contributed by atoms with Gasteiger partial charge in [-0.1, -0.05) is 41.5 Å². The van der Waals surface area contributed by atoms with Gasteiger partial charge in [-0.25, -0.2) is 9.36 Å². The van der Waals surface area contributed by atoms with Crippen molar-refractivity contribution in [2.24, 2.45) is 11.0 Å². The molecule has 1 aromatic heterocycles. The lowest BCUT2D eigenvalue weighted by Crippen LogP contribution is -2.45. The van der Waals surface area contributed by atoms with Crippen LogP contribution in [0.3, 0.4) is 0 Å². The Labute approximate surface area is 267 Å². The van der Waals surface area contributed by atoms with Crippen LogP contribution in [-0.2, 0) is 32.9 Å². The minimum Gasteiger partial charge on any atom is -0.466 e. The molecular formula is C29H34N5O12P. The molecule has 6 atom stereocenters. The third-order valence-corrected chi connectivity index (χ3v) is 9.15. The Morgan fingerprint density at radius 1 is 1.13 bits per heavy atom. The van der Waals surface area contributed by atoms with E-state index < -0.39 is 73.6 Å². The molecule has 0 spiro atoms. The van der Waals surface area contributed by atoms with Crippen molar-refractivity contribution in [3.05, 3.63) is 86.0 Å². The van der Waals surface area contributed by atoms with E-state index in [1.165, 1.54) is 6.07 Å². The van der Waals surface area contributed by atoms with Crippen LogP contribution in [0.2, 0.25) is 0 Å². The lowest BCUT2D eigenvalue weighted by molar-refractivity contribution is -0.148. The standard InChI is InChI=1S/C29H34N5O12P/c1-3-42-23(36)13-12-19(27(39)43-4-2)16-47(41,46-21-11-7-9-18-8-5-6-10-20(18)21)44-17-29(32-33-30)25(38)24(37)26(45-29)34-15-14-22(35)31-28(34)40/h5-11,14-15,19,24-26,37-38H,3-4,12-13,16-17H2,1-2H3,(H,31,35,40)/t19-,24-,25+,26-,29-,47?/m1/s1. The number of H-pyrrole nitrogens is 1. The number of aliphatic hydroxyl groups excluding tert-OH is 2. The zero-order valence-corrected chi connectivity index (χ0v) is 26.4. The van der Waals surface area contributed by atoms with Crippen molar-refractivity contribution in [3.63, 3.8) is 0 Å². The number of rotatable bonds is 15. The van der Waals surface area contributed by atoms with Gasteiger partial charge >= 0.3 is 25.2 Å². The second kappa shape index (κ2) is 15.4. The van der Waals surface area contributed by atoms with Crippen LogP contribution < -0.4 is 15.8 Å². The quantitative estimate of drug-likeness (QED) is 0.0692. The summed E-state index contributed by atoms with van der Waals surface area (Å²) >= 11 is 0. The van der Waals surface area contributed by atoms with Crippen LogP contribution in [0.4, 0.5) is 0 Å². The number of fused-ring (bicyclic) bond motifs is 1. The molecule has 47 heavy (non-hydrogen) atoms. The van der Waals surface area contributed by atoms with E-state index in [9.17, 15) is 39.5 Å². The van der Waals surface area contributed by atoms with Crippen LogP contribution in [0.5, 0.6) is 5.75 Å². The Kier molecular flexibility index (Phi) is 11.6. The Morgan fingerprint density at radius 2 is 1.85 bits per heavy atom. The largest absolute Gasteiger partial charge is 0.466 e. The number of carbonyl (C=O) groups excluding carboxylic acids is 2. The van der Waals surface area contributed by atoms with Gasteiger partial charge in [-0.05, 0) is 37.3 Å². The van der Waals surface area contributed by atoms with Gasteiger partial charge in [0.05, 0.1) is 31.9 Å². The maximum absolute atomic E-state index is 14.7. The molecule has 1 saturated heterocycles. The highest BCUT2D eigenvalue weighted by Gasteiger charge is 2.56. The minimum atomic E-state index is -4.55. The first kappa shape index (κ1) is 35.4. The van der Waals surface area contributed by atoms with E-state index >= 15 is 0 Å². The van der Waals surface area contributed by atoms with Gasteiger partial charge in [0.25, 0.3) is 5.56 Å². The van der Waals surface area contributed by atoms with Gasteiger partial charge in [0, 0.05) is 29.0 Å². The number of azide groups is 1. The number of ether oxygens (including phenoxy) is 3. The van der Waals surface area contributed by atoms with E-state index in [1.807, 2.05) is 4.98 Å². The first-order valence-electron chi connectivity index (χ1n) is 14.6. The van der Waals surface area contributed by atoms with Gasteiger partial charge in [0.2, 0.25) is 5.72 Å². The number of aromatic amines is 1. The van der Waals surface area contributed by atoms with Gasteiger partial charge in [-0.15, -0.1) is 0 Å². The fourth-order valence-electron chi connectivity index (χ4n) is 5.00. The summed E-state index contributed by atoms with van der Waals surface area (Å²) in [6, 6.07) is 12.9. The average Bonchev–Trinajstić information content (AvgIpc) is 3.28. The van der Waals surface area contributed by atoms with Crippen LogP contribution in [0.1, 0.15) is 32.9 Å². The lowest BCUT2D eigenvalue weighted by Gasteiger charge is -2.30. The summed E-state index contributed by atoms with van der Waals surface area (Å²) in [5.74, 6) is -2.50. The van der Waals surface area contributed by atoms with Crippen molar-refractivity contribution in [3.8, 4) is 5.75 Å². The number of benzene rings is 2. The molecule has 2 aromatic carbocycles. The molecule has 17 nitrogen and oxygen atoms in total. The lowest BCUT2D eigenvalue weighted by atomic mass is 10.1. The van der Waals surface area contributed by atoms with E-state index in [2.05, 4.69) is 10.0 Å². The van der Waals surface area contributed by atoms with E-state index in [-0.39, 0.29) is 31.8 Å². The second-order valence-electron chi connectivity index (χ2n) is 10.4. The van der Waals surface area contributed by atoms with Crippen LogP contribution in [-0.4, -0.2) is 75.6 Å². The van der Waals surface area contributed by atoms with E-state index in [0.717, 1.165) is 22.2 Å². The zero-order valence-electron chi connectivity index (χ0n) is 25.5. The fourth-order valence-corrected chi connectivity index (χ4v) is 6.94. The summed E-state index contributed by atoms with van der Waals surface area (Å²) in [5, 5.41) is 26.6. The number of carbonyl (C=O) groups is 2.